The summed E-state index contributed by atoms with van der Waals surface area (Å²) in [6.45, 7) is 0. The number of carboxylic acid groups (broad SMARTS) is 1. The van der Waals surface area contributed by atoms with E-state index in [9.17, 15) is 18.0 Å². The van der Waals surface area contributed by atoms with Gasteiger partial charge in [0.05, 0.1) is 5.56 Å². The van der Waals surface area contributed by atoms with Gasteiger partial charge in [-0.2, -0.15) is 13.2 Å². The number of carboxylic acids is 1. The number of hydrogen-bond acceptors (Lipinski definition) is 1. The fraction of sp³-hybridized carbons (Fsp3) is 0.100. The standard InChI is InChI=1S/C10H6BrF3O2/c11-8-5-6(2-4-9(15)16)1-3-7(8)10(12,13)14/h1-5H,(H,15,16). The highest BCUT2D eigenvalue weighted by Crippen LogP contribution is 2.35. The van der Waals surface area contributed by atoms with Crippen LogP contribution in [0.2, 0.25) is 0 Å². The molecule has 0 aliphatic carbocycles. The Labute approximate surface area is 97.5 Å². The summed E-state index contributed by atoms with van der Waals surface area (Å²) in [4.78, 5) is 10.2. The van der Waals surface area contributed by atoms with Gasteiger partial charge in [0, 0.05) is 10.5 Å². The molecule has 0 aromatic heterocycles. The van der Waals surface area contributed by atoms with Crippen molar-refractivity contribution in [2.75, 3.05) is 0 Å². The van der Waals surface area contributed by atoms with Gasteiger partial charge in [-0.1, -0.05) is 22.0 Å². The number of alkyl halides is 3. The Bertz CT molecular complexity index is 438. The number of benzene rings is 1. The zero-order valence-electron chi connectivity index (χ0n) is 7.75. The van der Waals surface area contributed by atoms with Crippen molar-refractivity contribution in [2.24, 2.45) is 0 Å². The van der Waals surface area contributed by atoms with Crippen LogP contribution in [0.25, 0.3) is 6.08 Å². The van der Waals surface area contributed by atoms with E-state index in [-0.39, 0.29) is 4.47 Å². The average molecular weight is 295 g/mol. The molecule has 0 unspecified atom stereocenters. The minimum atomic E-state index is -4.42. The summed E-state index contributed by atoms with van der Waals surface area (Å²) in [5.41, 5.74) is -0.415. The molecule has 0 aliphatic heterocycles. The van der Waals surface area contributed by atoms with Gasteiger partial charge in [0.2, 0.25) is 0 Å². The maximum atomic E-state index is 12.4. The maximum absolute atomic E-state index is 12.4. The van der Waals surface area contributed by atoms with Crippen molar-refractivity contribution in [2.45, 2.75) is 6.18 Å². The van der Waals surface area contributed by atoms with Gasteiger partial charge in [-0.25, -0.2) is 4.79 Å². The van der Waals surface area contributed by atoms with Gasteiger partial charge < -0.3 is 5.11 Å². The molecular formula is C10H6BrF3O2. The van der Waals surface area contributed by atoms with E-state index in [4.69, 9.17) is 5.11 Å². The van der Waals surface area contributed by atoms with E-state index in [1.807, 2.05) is 0 Å². The van der Waals surface area contributed by atoms with Gasteiger partial charge in [-0.15, -0.1) is 0 Å². The van der Waals surface area contributed by atoms with Crippen LogP contribution in [0.1, 0.15) is 11.1 Å². The van der Waals surface area contributed by atoms with E-state index < -0.39 is 17.7 Å². The molecule has 1 N–H and O–H groups in total. The van der Waals surface area contributed by atoms with Crippen LogP contribution in [0, 0.1) is 0 Å². The van der Waals surface area contributed by atoms with E-state index in [1.54, 1.807) is 0 Å². The Morgan fingerprint density at radius 1 is 1.38 bits per heavy atom. The molecule has 0 radical (unpaired) electrons. The van der Waals surface area contributed by atoms with Crippen LogP contribution in [0.5, 0.6) is 0 Å². The van der Waals surface area contributed by atoms with Crippen molar-refractivity contribution in [3.63, 3.8) is 0 Å². The minimum Gasteiger partial charge on any atom is -0.478 e. The summed E-state index contributed by atoms with van der Waals surface area (Å²) in [7, 11) is 0. The molecule has 86 valence electrons. The molecule has 1 aromatic rings. The monoisotopic (exact) mass is 294 g/mol. The van der Waals surface area contributed by atoms with Crippen LogP contribution in [0.4, 0.5) is 13.2 Å². The lowest BCUT2D eigenvalue weighted by Gasteiger charge is -2.09. The molecule has 0 atom stereocenters. The molecular weight excluding hydrogens is 289 g/mol. The first-order valence-electron chi connectivity index (χ1n) is 4.08. The molecule has 0 aliphatic rings. The second-order valence-corrected chi connectivity index (χ2v) is 3.76. The summed E-state index contributed by atoms with van der Waals surface area (Å²) in [6.07, 6.45) is -2.35. The van der Waals surface area contributed by atoms with Crippen molar-refractivity contribution in [3.8, 4) is 0 Å². The number of halogens is 4. The molecule has 0 heterocycles. The zero-order valence-corrected chi connectivity index (χ0v) is 9.34. The van der Waals surface area contributed by atoms with Crippen LogP contribution in [0.3, 0.4) is 0 Å². The van der Waals surface area contributed by atoms with Crippen LogP contribution < -0.4 is 0 Å². The zero-order chi connectivity index (χ0) is 12.3. The van der Waals surface area contributed by atoms with Gasteiger partial charge >= 0.3 is 12.1 Å². The van der Waals surface area contributed by atoms with Gasteiger partial charge in [-0.3, -0.25) is 0 Å². The van der Waals surface area contributed by atoms with E-state index in [2.05, 4.69) is 15.9 Å². The van der Waals surface area contributed by atoms with Crippen molar-refractivity contribution < 1.29 is 23.1 Å². The van der Waals surface area contributed by atoms with Gasteiger partial charge in [-0.05, 0) is 23.8 Å². The summed E-state index contributed by atoms with van der Waals surface area (Å²) in [5.74, 6) is -1.16. The van der Waals surface area contributed by atoms with Crippen molar-refractivity contribution in [3.05, 3.63) is 39.9 Å². The number of hydrogen-bond donors (Lipinski definition) is 1. The smallest absolute Gasteiger partial charge is 0.417 e. The third-order valence-electron chi connectivity index (χ3n) is 1.72. The maximum Gasteiger partial charge on any atom is 0.417 e. The first-order valence-corrected chi connectivity index (χ1v) is 4.88. The third-order valence-corrected chi connectivity index (χ3v) is 2.37. The predicted octanol–water partition coefficient (Wildman–Crippen LogP) is 3.57. The first-order chi connectivity index (χ1) is 7.30. The van der Waals surface area contributed by atoms with E-state index in [0.717, 1.165) is 12.1 Å². The Kier molecular flexibility index (Phi) is 3.74. The van der Waals surface area contributed by atoms with E-state index in [1.165, 1.54) is 18.2 Å². The van der Waals surface area contributed by atoms with Crippen molar-refractivity contribution in [1.82, 2.24) is 0 Å². The second kappa shape index (κ2) is 4.69. The highest BCUT2D eigenvalue weighted by Gasteiger charge is 2.32. The largest absolute Gasteiger partial charge is 0.478 e. The van der Waals surface area contributed by atoms with E-state index in [0.29, 0.717) is 5.56 Å². The Hall–Kier alpha value is -1.30. The van der Waals surface area contributed by atoms with Crippen molar-refractivity contribution >= 4 is 28.0 Å². The molecule has 6 heteroatoms. The quantitative estimate of drug-likeness (QED) is 0.847. The molecule has 0 fully saturated rings. The van der Waals surface area contributed by atoms with Gasteiger partial charge in [0.15, 0.2) is 0 Å². The molecule has 16 heavy (non-hydrogen) atoms. The van der Waals surface area contributed by atoms with Crippen LogP contribution in [-0.2, 0) is 11.0 Å². The minimum absolute atomic E-state index is 0.118. The lowest BCUT2D eigenvalue weighted by atomic mass is 10.1. The average Bonchev–Trinajstić information content (AvgIpc) is 2.12. The summed E-state index contributed by atoms with van der Waals surface area (Å²) in [5, 5.41) is 8.35. The van der Waals surface area contributed by atoms with Crippen molar-refractivity contribution in [1.29, 1.82) is 0 Å². The van der Waals surface area contributed by atoms with Crippen LogP contribution in [-0.4, -0.2) is 11.1 Å². The molecule has 0 saturated heterocycles. The molecule has 0 spiro atoms. The Balaban J connectivity index is 3.05. The second-order valence-electron chi connectivity index (χ2n) is 2.91. The summed E-state index contributed by atoms with van der Waals surface area (Å²) in [6, 6.07) is 3.31. The van der Waals surface area contributed by atoms with Crippen LogP contribution in [0.15, 0.2) is 28.7 Å². The third kappa shape index (κ3) is 3.37. The molecule has 1 aromatic carbocycles. The molecule has 0 saturated carbocycles. The molecule has 0 bridgehead atoms. The molecule has 2 nitrogen and oxygen atoms in total. The number of carbonyl (C=O) groups is 1. The molecule has 0 amide bonds. The van der Waals surface area contributed by atoms with Gasteiger partial charge in [0.25, 0.3) is 0 Å². The SMILES string of the molecule is O=C(O)C=Cc1ccc(C(F)(F)F)c(Br)c1. The number of rotatable bonds is 2. The van der Waals surface area contributed by atoms with Crippen LogP contribution >= 0.6 is 15.9 Å². The number of aliphatic carboxylic acids is 1. The van der Waals surface area contributed by atoms with Gasteiger partial charge in [0.1, 0.15) is 0 Å². The topological polar surface area (TPSA) is 37.3 Å². The van der Waals surface area contributed by atoms with E-state index >= 15 is 0 Å². The lowest BCUT2D eigenvalue weighted by Crippen LogP contribution is -2.05. The first kappa shape index (κ1) is 12.8. The Morgan fingerprint density at radius 2 is 2.00 bits per heavy atom. The highest BCUT2D eigenvalue weighted by atomic mass is 79.9. The fourth-order valence-electron chi connectivity index (χ4n) is 1.03. The lowest BCUT2D eigenvalue weighted by molar-refractivity contribution is -0.138. The predicted molar refractivity (Wildman–Crippen MR) is 55.8 cm³/mol. The Morgan fingerprint density at radius 3 is 2.44 bits per heavy atom. The fourth-order valence-corrected chi connectivity index (χ4v) is 1.65. The summed E-state index contributed by atoms with van der Waals surface area (Å²) < 4.78 is 36.9. The summed E-state index contributed by atoms with van der Waals surface area (Å²) >= 11 is 2.79. The highest BCUT2D eigenvalue weighted by molar-refractivity contribution is 9.10. The molecule has 1 rings (SSSR count). The normalized spacial score (nSPS) is 12.0.